The molecule has 1 aromatic carbocycles. The first kappa shape index (κ1) is 20.0. The maximum atomic E-state index is 13.5. The average Bonchev–Trinajstić information content (AvgIpc) is 3.51. The molecule has 30 heavy (non-hydrogen) atoms. The van der Waals surface area contributed by atoms with Crippen LogP contribution in [-0.4, -0.2) is 20.9 Å². The summed E-state index contributed by atoms with van der Waals surface area (Å²) in [6.45, 7) is 2.59. The van der Waals surface area contributed by atoms with Gasteiger partial charge in [-0.25, -0.2) is 4.39 Å². The molecule has 0 fully saturated rings. The molecule has 0 unspecified atom stereocenters. The molecule has 0 aliphatic heterocycles. The van der Waals surface area contributed by atoms with Gasteiger partial charge >= 0.3 is 0 Å². The van der Waals surface area contributed by atoms with Gasteiger partial charge in [0, 0.05) is 23.3 Å². The van der Waals surface area contributed by atoms with Gasteiger partial charge in [0.1, 0.15) is 11.6 Å². The fourth-order valence-corrected chi connectivity index (χ4v) is 3.76. The highest BCUT2D eigenvalue weighted by Crippen LogP contribution is 2.20. The number of carbonyl (C=O) groups is 1. The zero-order valence-corrected chi connectivity index (χ0v) is 17.2. The van der Waals surface area contributed by atoms with Crippen molar-refractivity contribution in [3.05, 3.63) is 82.0 Å². The molecule has 0 radical (unpaired) electrons. The van der Waals surface area contributed by atoms with Crippen LogP contribution in [0.1, 0.15) is 28.5 Å². The van der Waals surface area contributed by atoms with Gasteiger partial charge in [-0.05, 0) is 54.3 Å². The number of aromatic nitrogens is 2. The summed E-state index contributed by atoms with van der Waals surface area (Å²) in [7, 11) is 0. The van der Waals surface area contributed by atoms with Gasteiger partial charge in [0.25, 0.3) is 0 Å². The van der Waals surface area contributed by atoms with E-state index in [1.54, 1.807) is 47.6 Å². The lowest BCUT2D eigenvalue weighted by Gasteiger charge is -2.20. The maximum Gasteiger partial charge on any atom is 0.227 e. The van der Waals surface area contributed by atoms with E-state index < -0.39 is 0 Å². The van der Waals surface area contributed by atoms with E-state index in [2.05, 4.69) is 10.1 Å². The number of furan rings is 1. The Kier molecular flexibility index (Phi) is 6.04. The minimum absolute atomic E-state index is 0.0304. The van der Waals surface area contributed by atoms with Crippen molar-refractivity contribution in [3.8, 4) is 11.4 Å². The maximum absolute atomic E-state index is 13.5. The lowest BCUT2D eigenvalue weighted by molar-refractivity contribution is -0.132. The third kappa shape index (κ3) is 4.83. The van der Waals surface area contributed by atoms with Crippen LogP contribution in [-0.2, 0) is 24.3 Å². The Hall–Kier alpha value is -3.26. The smallest absolute Gasteiger partial charge is 0.227 e. The molecule has 0 saturated carbocycles. The van der Waals surface area contributed by atoms with E-state index in [0.29, 0.717) is 42.4 Å². The van der Waals surface area contributed by atoms with Crippen LogP contribution in [0.4, 0.5) is 4.39 Å². The molecular formula is C22H20FN3O3S. The van der Waals surface area contributed by atoms with Crippen LogP contribution in [0, 0.1) is 12.7 Å². The number of benzene rings is 1. The van der Waals surface area contributed by atoms with E-state index in [0.717, 1.165) is 10.6 Å². The van der Waals surface area contributed by atoms with Crippen molar-refractivity contribution in [3.63, 3.8) is 0 Å². The molecule has 0 N–H and O–H groups in total. The highest BCUT2D eigenvalue weighted by molar-refractivity contribution is 7.09. The summed E-state index contributed by atoms with van der Waals surface area (Å²) < 4.78 is 24.2. The van der Waals surface area contributed by atoms with Crippen LogP contribution < -0.4 is 0 Å². The molecule has 0 bridgehead atoms. The molecule has 4 rings (SSSR count). The average molecular weight is 425 g/mol. The topological polar surface area (TPSA) is 72.4 Å². The predicted molar refractivity (Wildman–Crippen MR) is 110 cm³/mol. The lowest BCUT2D eigenvalue weighted by atomic mass is 10.1. The van der Waals surface area contributed by atoms with Crippen molar-refractivity contribution in [2.75, 3.05) is 0 Å². The number of rotatable bonds is 8. The largest absolute Gasteiger partial charge is 0.467 e. The van der Waals surface area contributed by atoms with Gasteiger partial charge in [-0.15, -0.1) is 11.3 Å². The van der Waals surface area contributed by atoms with Crippen molar-refractivity contribution in [2.24, 2.45) is 0 Å². The predicted octanol–water partition coefficient (Wildman–Crippen LogP) is 5.00. The Labute approximate surface area is 176 Å². The Balaban J connectivity index is 1.41. The number of hydrogen-bond donors (Lipinski definition) is 0. The third-order valence-electron chi connectivity index (χ3n) is 4.64. The van der Waals surface area contributed by atoms with Crippen molar-refractivity contribution < 1.29 is 18.1 Å². The van der Waals surface area contributed by atoms with E-state index in [4.69, 9.17) is 8.94 Å². The fourth-order valence-electron chi connectivity index (χ4n) is 3.04. The van der Waals surface area contributed by atoms with Crippen molar-refractivity contribution in [1.29, 1.82) is 0 Å². The van der Waals surface area contributed by atoms with Gasteiger partial charge in [-0.3, -0.25) is 4.79 Å². The molecular weight excluding hydrogens is 405 g/mol. The second-order valence-corrected chi connectivity index (χ2v) is 7.92. The summed E-state index contributed by atoms with van der Waals surface area (Å²) in [6, 6.07) is 12.3. The monoisotopic (exact) mass is 425 g/mol. The van der Waals surface area contributed by atoms with Crippen LogP contribution in [0.5, 0.6) is 0 Å². The van der Waals surface area contributed by atoms with E-state index in [9.17, 15) is 9.18 Å². The van der Waals surface area contributed by atoms with Gasteiger partial charge in [0.2, 0.25) is 17.6 Å². The van der Waals surface area contributed by atoms with Crippen molar-refractivity contribution in [2.45, 2.75) is 32.9 Å². The normalized spacial score (nSPS) is 11.0. The molecule has 8 heteroatoms. The van der Waals surface area contributed by atoms with Crippen LogP contribution in [0.25, 0.3) is 11.4 Å². The first-order valence-corrected chi connectivity index (χ1v) is 10.4. The first-order valence-electron chi connectivity index (χ1n) is 9.50. The van der Waals surface area contributed by atoms with Gasteiger partial charge < -0.3 is 13.8 Å². The molecule has 0 spiro atoms. The molecule has 4 aromatic rings. The summed E-state index contributed by atoms with van der Waals surface area (Å²) in [4.78, 5) is 20.1. The molecule has 6 nitrogen and oxygen atoms in total. The van der Waals surface area contributed by atoms with Gasteiger partial charge in [0.05, 0.1) is 19.4 Å². The molecule has 3 heterocycles. The summed E-state index contributed by atoms with van der Waals surface area (Å²) in [5.41, 5.74) is 1.18. The number of hydrogen-bond acceptors (Lipinski definition) is 6. The van der Waals surface area contributed by atoms with Gasteiger partial charge in [-0.2, -0.15) is 4.98 Å². The van der Waals surface area contributed by atoms with Crippen molar-refractivity contribution >= 4 is 17.2 Å². The first-order chi connectivity index (χ1) is 14.6. The second kappa shape index (κ2) is 9.04. The Morgan fingerprint density at radius 2 is 2.10 bits per heavy atom. The lowest BCUT2D eigenvalue weighted by Crippen LogP contribution is -2.29. The number of thiophene rings is 1. The SMILES string of the molecule is Cc1cc(-c2noc(CCC(=O)N(Cc3ccco3)Cc3cccs3)n2)ccc1F. The number of nitrogens with zero attached hydrogens (tertiary/aromatic N) is 3. The number of amides is 1. The molecule has 0 atom stereocenters. The van der Waals surface area contributed by atoms with Gasteiger partial charge in [-0.1, -0.05) is 11.2 Å². The Bertz CT molecular complexity index is 1070. The second-order valence-electron chi connectivity index (χ2n) is 6.88. The van der Waals surface area contributed by atoms with E-state index >= 15 is 0 Å². The zero-order chi connectivity index (χ0) is 20.9. The summed E-state index contributed by atoms with van der Waals surface area (Å²) in [5, 5.41) is 5.94. The van der Waals surface area contributed by atoms with Gasteiger partial charge in [0.15, 0.2) is 0 Å². The summed E-state index contributed by atoms with van der Waals surface area (Å²) >= 11 is 1.61. The third-order valence-corrected chi connectivity index (χ3v) is 5.50. The molecule has 0 saturated heterocycles. The molecule has 154 valence electrons. The molecule has 0 aliphatic rings. The Morgan fingerprint density at radius 3 is 2.83 bits per heavy atom. The number of aryl methyl sites for hydroxylation is 2. The number of halogens is 1. The van der Waals surface area contributed by atoms with E-state index in [1.807, 2.05) is 23.6 Å². The molecule has 0 aliphatic carbocycles. The fraction of sp³-hybridized carbons (Fsp3) is 0.227. The minimum Gasteiger partial charge on any atom is -0.467 e. The highest BCUT2D eigenvalue weighted by Gasteiger charge is 2.18. The van der Waals surface area contributed by atoms with Crippen LogP contribution in [0.2, 0.25) is 0 Å². The van der Waals surface area contributed by atoms with E-state index in [1.165, 1.54) is 6.07 Å². The minimum atomic E-state index is -0.282. The summed E-state index contributed by atoms with van der Waals surface area (Å²) in [6.07, 6.45) is 2.15. The van der Waals surface area contributed by atoms with Crippen LogP contribution in [0.3, 0.4) is 0 Å². The van der Waals surface area contributed by atoms with E-state index in [-0.39, 0.29) is 18.1 Å². The quantitative estimate of drug-likeness (QED) is 0.397. The Morgan fingerprint density at radius 1 is 1.20 bits per heavy atom. The number of carbonyl (C=O) groups excluding carboxylic acids is 1. The summed E-state index contributed by atoms with van der Waals surface area (Å²) in [5.74, 6) is 1.17. The van der Waals surface area contributed by atoms with Crippen LogP contribution >= 0.6 is 11.3 Å². The van der Waals surface area contributed by atoms with Crippen LogP contribution in [0.15, 0.2) is 63.0 Å². The van der Waals surface area contributed by atoms with Crippen molar-refractivity contribution in [1.82, 2.24) is 15.0 Å². The molecule has 1 amide bonds. The zero-order valence-electron chi connectivity index (χ0n) is 16.4. The molecule has 3 aromatic heterocycles. The standard InChI is InChI=1S/C22H20FN3O3S/c1-15-12-16(6-7-19(15)23)22-24-20(29-25-22)8-9-21(27)26(13-17-4-2-10-28-17)14-18-5-3-11-30-18/h2-7,10-12H,8-9,13-14H2,1H3. The highest BCUT2D eigenvalue weighted by atomic mass is 32.1.